The number of imidazole rings is 1. The van der Waals surface area contributed by atoms with Gasteiger partial charge in [0.1, 0.15) is 11.3 Å². The molecule has 0 amide bonds. The van der Waals surface area contributed by atoms with Crippen molar-refractivity contribution in [3.8, 4) is 0 Å². The summed E-state index contributed by atoms with van der Waals surface area (Å²) in [7, 11) is 1.95. The zero-order valence-electron chi connectivity index (χ0n) is 8.14. The first-order valence-corrected chi connectivity index (χ1v) is 4.66. The number of aryl methyl sites for hydroxylation is 2. The van der Waals surface area contributed by atoms with Crippen LogP contribution in [-0.2, 0) is 13.5 Å². The van der Waals surface area contributed by atoms with Crippen LogP contribution in [0.1, 0.15) is 12.2 Å². The molecule has 0 radical (unpaired) electrons. The van der Waals surface area contributed by atoms with Gasteiger partial charge in [-0.15, -0.1) is 5.10 Å². The summed E-state index contributed by atoms with van der Waals surface area (Å²) < 4.78 is 1.97. The second-order valence-corrected chi connectivity index (χ2v) is 3.22. The minimum absolute atomic E-state index is 0.689. The van der Waals surface area contributed by atoms with Crippen molar-refractivity contribution in [3.05, 3.63) is 18.1 Å². The number of rotatable bonds is 3. The lowest BCUT2D eigenvalue weighted by molar-refractivity contribution is 0.736. The maximum Gasteiger partial charge on any atom is 0.182 e. The Kier molecular flexibility index (Phi) is 2.41. The Balaban J connectivity index is 2.41. The average molecular weight is 191 g/mol. The molecule has 2 heterocycles. The molecule has 0 aliphatic heterocycles. The second-order valence-electron chi connectivity index (χ2n) is 3.22. The molecule has 0 saturated heterocycles. The molecule has 5 nitrogen and oxygen atoms in total. The monoisotopic (exact) mass is 191 g/mol. The van der Waals surface area contributed by atoms with Crippen LogP contribution in [0.5, 0.6) is 0 Å². The van der Waals surface area contributed by atoms with E-state index in [1.54, 1.807) is 6.20 Å². The van der Waals surface area contributed by atoms with Gasteiger partial charge in [-0.05, 0) is 19.0 Å². The molecule has 2 rings (SSSR count). The molecule has 0 atom stereocenters. The highest BCUT2D eigenvalue weighted by Crippen LogP contribution is 2.11. The number of hydrogen-bond acceptors (Lipinski definition) is 4. The Hall–Kier alpha value is -1.49. The van der Waals surface area contributed by atoms with E-state index in [0.717, 1.165) is 29.8 Å². The maximum atomic E-state index is 5.46. The molecule has 74 valence electrons. The van der Waals surface area contributed by atoms with E-state index in [-0.39, 0.29) is 0 Å². The summed E-state index contributed by atoms with van der Waals surface area (Å²) in [5.74, 6) is 1.02. The van der Waals surface area contributed by atoms with Gasteiger partial charge in [0, 0.05) is 13.5 Å². The van der Waals surface area contributed by atoms with Crippen molar-refractivity contribution >= 4 is 11.2 Å². The van der Waals surface area contributed by atoms with Gasteiger partial charge < -0.3 is 10.3 Å². The summed E-state index contributed by atoms with van der Waals surface area (Å²) in [6.45, 7) is 0.689. The van der Waals surface area contributed by atoms with Gasteiger partial charge in [0.05, 0.1) is 6.20 Å². The van der Waals surface area contributed by atoms with Crippen molar-refractivity contribution in [2.75, 3.05) is 6.54 Å². The molecule has 0 saturated carbocycles. The molecule has 0 unspecified atom stereocenters. The third-order valence-corrected chi connectivity index (χ3v) is 2.24. The summed E-state index contributed by atoms with van der Waals surface area (Å²) >= 11 is 0. The number of hydrogen-bond donors (Lipinski definition) is 1. The Bertz CT molecular complexity index is 434. The summed E-state index contributed by atoms with van der Waals surface area (Å²) in [5.41, 5.74) is 7.19. The molecule has 0 spiro atoms. The lowest BCUT2D eigenvalue weighted by atomic mass is 10.3. The second kappa shape index (κ2) is 3.71. The fraction of sp³-hybridized carbons (Fsp3) is 0.444. The van der Waals surface area contributed by atoms with Crippen LogP contribution in [0.2, 0.25) is 0 Å². The van der Waals surface area contributed by atoms with Crippen LogP contribution in [0.15, 0.2) is 12.3 Å². The van der Waals surface area contributed by atoms with Gasteiger partial charge in [-0.1, -0.05) is 0 Å². The van der Waals surface area contributed by atoms with E-state index in [4.69, 9.17) is 5.73 Å². The van der Waals surface area contributed by atoms with Gasteiger partial charge in [0.15, 0.2) is 5.65 Å². The van der Waals surface area contributed by atoms with E-state index < -0.39 is 0 Å². The smallest absolute Gasteiger partial charge is 0.182 e. The first-order chi connectivity index (χ1) is 6.83. The minimum Gasteiger partial charge on any atom is -0.330 e. The quantitative estimate of drug-likeness (QED) is 0.755. The first kappa shape index (κ1) is 9.08. The zero-order chi connectivity index (χ0) is 9.97. The predicted molar refractivity (Wildman–Crippen MR) is 53.7 cm³/mol. The van der Waals surface area contributed by atoms with Gasteiger partial charge in [-0.3, -0.25) is 0 Å². The van der Waals surface area contributed by atoms with Gasteiger partial charge in [-0.2, -0.15) is 5.10 Å². The standard InChI is InChI=1S/C9H13N5/c1-14-8(3-2-5-10)12-7-4-6-11-13-9(7)14/h4,6H,2-3,5,10H2,1H3. The number of nitrogens with zero attached hydrogens (tertiary/aromatic N) is 4. The SMILES string of the molecule is Cn1c(CCCN)nc2ccnnc21. The topological polar surface area (TPSA) is 69.6 Å². The van der Waals surface area contributed by atoms with E-state index in [1.165, 1.54) is 0 Å². The van der Waals surface area contributed by atoms with E-state index >= 15 is 0 Å². The molecule has 0 bridgehead atoms. The fourth-order valence-electron chi connectivity index (χ4n) is 1.46. The Morgan fingerprint density at radius 1 is 1.50 bits per heavy atom. The zero-order valence-corrected chi connectivity index (χ0v) is 8.14. The molecule has 0 aliphatic rings. The Labute approximate surface area is 82.0 Å². The van der Waals surface area contributed by atoms with Crippen molar-refractivity contribution in [2.24, 2.45) is 12.8 Å². The number of nitrogens with two attached hydrogens (primary N) is 1. The van der Waals surface area contributed by atoms with Crippen molar-refractivity contribution in [1.82, 2.24) is 19.7 Å². The number of aromatic nitrogens is 4. The lowest BCUT2D eigenvalue weighted by Crippen LogP contribution is -2.04. The summed E-state index contributed by atoms with van der Waals surface area (Å²) in [4.78, 5) is 4.45. The molecule has 2 aromatic rings. The van der Waals surface area contributed by atoms with Crippen LogP contribution in [0.3, 0.4) is 0 Å². The lowest BCUT2D eigenvalue weighted by Gasteiger charge is -1.98. The van der Waals surface area contributed by atoms with Gasteiger partial charge >= 0.3 is 0 Å². The van der Waals surface area contributed by atoms with Crippen molar-refractivity contribution in [1.29, 1.82) is 0 Å². The third kappa shape index (κ3) is 1.46. The molecular formula is C9H13N5. The molecule has 0 aromatic carbocycles. The Morgan fingerprint density at radius 3 is 3.07 bits per heavy atom. The van der Waals surface area contributed by atoms with Crippen molar-refractivity contribution < 1.29 is 0 Å². The van der Waals surface area contributed by atoms with E-state index in [2.05, 4.69) is 15.2 Å². The van der Waals surface area contributed by atoms with Crippen LogP contribution in [0.4, 0.5) is 0 Å². The largest absolute Gasteiger partial charge is 0.330 e. The molecule has 5 heteroatoms. The average Bonchev–Trinajstić information content (AvgIpc) is 2.54. The van der Waals surface area contributed by atoms with Gasteiger partial charge in [0.25, 0.3) is 0 Å². The normalized spacial score (nSPS) is 11.0. The van der Waals surface area contributed by atoms with Crippen LogP contribution in [0.25, 0.3) is 11.2 Å². The van der Waals surface area contributed by atoms with Crippen LogP contribution in [0, 0.1) is 0 Å². The van der Waals surface area contributed by atoms with Gasteiger partial charge in [0.2, 0.25) is 0 Å². The molecular weight excluding hydrogens is 178 g/mol. The first-order valence-electron chi connectivity index (χ1n) is 4.66. The third-order valence-electron chi connectivity index (χ3n) is 2.24. The number of fused-ring (bicyclic) bond motifs is 1. The van der Waals surface area contributed by atoms with Crippen LogP contribution < -0.4 is 5.73 Å². The molecule has 0 fully saturated rings. The summed E-state index contributed by atoms with van der Waals surface area (Å²) in [6, 6.07) is 1.87. The molecule has 2 N–H and O–H groups in total. The summed E-state index contributed by atoms with van der Waals surface area (Å²) in [5, 5.41) is 7.86. The van der Waals surface area contributed by atoms with E-state index in [9.17, 15) is 0 Å². The van der Waals surface area contributed by atoms with Crippen LogP contribution >= 0.6 is 0 Å². The minimum atomic E-state index is 0.689. The summed E-state index contributed by atoms with van der Waals surface area (Å²) in [6.07, 6.45) is 3.50. The van der Waals surface area contributed by atoms with Crippen molar-refractivity contribution in [3.63, 3.8) is 0 Å². The van der Waals surface area contributed by atoms with E-state index in [0.29, 0.717) is 6.54 Å². The molecule has 0 aliphatic carbocycles. The highest BCUT2D eigenvalue weighted by Gasteiger charge is 2.07. The highest BCUT2D eigenvalue weighted by atomic mass is 15.2. The maximum absolute atomic E-state index is 5.46. The highest BCUT2D eigenvalue weighted by molar-refractivity contribution is 5.70. The van der Waals surface area contributed by atoms with E-state index in [1.807, 2.05) is 17.7 Å². The fourth-order valence-corrected chi connectivity index (χ4v) is 1.46. The Morgan fingerprint density at radius 2 is 2.36 bits per heavy atom. The van der Waals surface area contributed by atoms with Crippen molar-refractivity contribution in [2.45, 2.75) is 12.8 Å². The van der Waals surface area contributed by atoms with Gasteiger partial charge in [-0.25, -0.2) is 4.98 Å². The van der Waals surface area contributed by atoms with Crippen LogP contribution in [-0.4, -0.2) is 26.3 Å². The molecule has 2 aromatic heterocycles. The molecule has 14 heavy (non-hydrogen) atoms. The predicted octanol–water partition coefficient (Wildman–Crippen LogP) is 0.255.